The Kier molecular flexibility index (Phi) is 2.89. The predicted molar refractivity (Wildman–Crippen MR) is 53.3 cm³/mol. The van der Waals surface area contributed by atoms with Crippen molar-refractivity contribution < 1.29 is 4.74 Å². The van der Waals surface area contributed by atoms with Crippen LogP contribution in [0.1, 0.15) is 0 Å². The van der Waals surface area contributed by atoms with Crippen molar-refractivity contribution in [1.29, 1.82) is 0 Å². The van der Waals surface area contributed by atoms with Crippen molar-refractivity contribution in [2.45, 2.75) is 0 Å². The Morgan fingerprint density at radius 3 is 2.92 bits per heavy atom. The number of nitrogens with zero attached hydrogens (tertiary/aromatic N) is 2. The Morgan fingerprint density at radius 1 is 1.54 bits per heavy atom. The molecule has 1 aliphatic rings. The molecule has 0 spiro atoms. The number of hydrogen-bond acceptors (Lipinski definition) is 6. The molecule has 1 aromatic rings. The second-order valence-corrected chi connectivity index (χ2v) is 4.30. The molecule has 1 saturated heterocycles. The maximum atomic E-state index is 5.22. The summed E-state index contributed by atoms with van der Waals surface area (Å²) in [6.07, 6.45) is 0. The molecule has 72 valence electrons. The van der Waals surface area contributed by atoms with Gasteiger partial charge in [0.25, 0.3) is 0 Å². The lowest BCUT2D eigenvalue weighted by atomic mass is 10.5. The van der Waals surface area contributed by atoms with Crippen molar-refractivity contribution in [3.63, 3.8) is 0 Å². The number of aromatic nitrogens is 2. The van der Waals surface area contributed by atoms with Crippen LogP contribution in [0.5, 0.6) is 0 Å². The number of nitrogens with one attached hydrogen (secondary N) is 2. The quantitative estimate of drug-likeness (QED) is 0.721. The van der Waals surface area contributed by atoms with Gasteiger partial charge in [-0.1, -0.05) is 11.3 Å². The zero-order chi connectivity index (χ0) is 9.10. The van der Waals surface area contributed by atoms with E-state index in [-0.39, 0.29) is 0 Å². The number of anilines is 1. The zero-order valence-electron chi connectivity index (χ0n) is 6.95. The van der Waals surface area contributed by atoms with Crippen LogP contribution in [0, 0.1) is 3.95 Å². The summed E-state index contributed by atoms with van der Waals surface area (Å²) in [5, 5.41) is 9.61. The molecular weight excluding hydrogens is 208 g/mol. The first kappa shape index (κ1) is 9.07. The number of hydrogen-bond donors (Lipinski definition) is 2. The topological polar surface area (TPSA) is 53.2 Å². The number of ether oxygens (including phenoxy) is 1. The molecule has 0 unspecified atom stereocenters. The molecule has 2 N–H and O–H groups in total. The van der Waals surface area contributed by atoms with E-state index < -0.39 is 0 Å². The first-order chi connectivity index (χ1) is 6.34. The minimum atomic E-state index is 0.691. The summed E-state index contributed by atoms with van der Waals surface area (Å²) in [6, 6.07) is 0. The van der Waals surface area contributed by atoms with Gasteiger partial charge < -0.3 is 4.74 Å². The van der Waals surface area contributed by atoms with Crippen LogP contribution < -0.4 is 5.43 Å². The zero-order valence-corrected chi connectivity index (χ0v) is 8.58. The molecule has 0 radical (unpaired) electrons. The van der Waals surface area contributed by atoms with E-state index in [2.05, 4.69) is 20.6 Å². The lowest BCUT2D eigenvalue weighted by molar-refractivity contribution is 0.0496. The minimum absolute atomic E-state index is 0.691. The Morgan fingerprint density at radius 2 is 2.31 bits per heavy atom. The highest BCUT2D eigenvalue weighted by molar-refractivity contribution is 7.73. The van der Waals surface area contributed by atoms with Crippen molar-refractivity contribution in [2.75, 3.05) is 31.7 Å². The summed E-state index contributed by atoms with van der Waals surface area (Å²) in [5.41, 5.74) is 3.16. The third kappa shape index (κ3) is 2.47. The number of hydrazine groups is 1. The smallest absolute Gasteiger partial charge is 0.218 e. The first-order valence-corrected chi connectivity index (χ1v) is 5.22. The van der Waals surface area contributed by atoms with Crippen LogP contribution in [0.25, 0.3) is 0 Å². The van der Waals surface area contributed by atoms with E-state index in [4.69, 9.17) is 17.0 Å². The van der Waals surface area contributed by atoms with Crippen LogP contribution in [0.2, 0.25) is 0 Å². The maximum absolute atomic E-state index is 5.22. The Hall–Kier alpha value is -0.500. The van der Waals surface area contributed by atoms with Gasteiger partial charge in [0.15, 0.2) is 3.95 Å². The molecule has 5 nitrogen and oxygen atoms in total. The summed E-state index contributed by atoms with van der Waals surface area (Å²) in [5.74, 6) is 0. The lowest BCUT2D eigenvalue weighted by Crippen LogP contribution is -2.40. The number of rotatable bonds is 2. The van der Waals surface area contributed by atoms with Gasteiger partial charge in [-0.2, -0.15) is 0 Å². The van der Waals surface area contributed by atoms with E-state index in [0.29, 0.717) is 3.95 Å². The molecule has 2 rings (SSSR count). The average Bonchev–Trinajstić information content (AvgIpc) is 2.53. The largest absolute Gasteiger partial charge is 0.379 e. The fourth-order valence-corrected chi connectivity index (χ4v) is 1.90. The second-order valence-electron chi connectivity index (χ2n) is 2.63. The molecule has 0 aromatic carbocycles. The second kappa shape index (κ2) is 4.14. The normalized spacial score (nSPS) is 18.8. The molecule has 1 aromatic heterocycles. The molecule has 0 saturated carbocycles. The number of morpholine rings is 1. The molecule has 0 aliphatic carbocycles. The SMILES string of the molecule is S=c1[nH]nc(NN2CCOCC2)s1. The fourth-order valence-electron chi connectivity index (χ4n) is 1.09. The average molecular weight is 218 g/mol. The Labute approximate surface area is 84.7 Å². The summed E-state index contributed by atoms with van der Waals surface area (Å²) in [4.78, 5) is 0. The van der Waals surface area contributed by atoms with Crippen LogP contribution in [0.3, 0.4) is 0 Å². The van der Waals surface area contributed by atoms with Gasteiger partial charge in [-0.15, -0.1) is 5.10 Å². The molecule has 1 fully saturated rings. The Bertz CT molecular complexity index is 316. The van der Waals surface area contributed by atoms with E-state index in [9.17, 15) is 0 Å². The van der Waals surface area contributed by atoms with Gasteiger partial charge in [0, 0.05) is 13.1 Å². The van der Waals surface area contributed by atoms with Gasteiger partial charge >= 0.3 is 0 Å². The van der Waals surface area contributed by atoms with Crippen molar-refractivity contribution in [1.82, 2.24) is 15.2 Å². The van der Waals surface area contributed by atoms with Crippen molar-refractivity contribution >= 4 is 28.7 Å². The van der Waals surface area contributed by atoms with Crippen LogP contribution in [-0.2, 0) is 4.74 Å². The number of H-pyrrole nitrogens is 1. The molecule has 13 heavy (non-hydrogen) atoms. The molecule has 1 aliphatic heterocycles. The van der Waals surface area contributed by atoms with Gasteiger partial charge in [0.1, 0.15) is 0 Å². The van der Waals surface area contributed by atoms with Crippen molar-refractivity contribution in [2.24, 2.45) is 0 Å². The first-order valence-electron chi connectivity index (χ1n) is 3.99. The summed E-state index contributed by atoms with van der Waals surface area (Å²) >= 11 is 6.35. The van der Waals surface area contributed by atoms with Crippen LogP contribution in [0.4, 0.5) is 5.13 Å². The molecule has 0 atom stereocenters. The molecule has 2 heterocycles. The van der Waals surface area contributed by atoms with Gasteiger partial charge in [0.05, 0.1) is 13.2 Å². The highest BCUT2D eigenvalue weighted by Gasteiger charge is 2.10. The van der Waals surface area contributed by atoms with Crippen LogP contribution in [-0.4, -0.2) is 41.5 Å². The third-order valence-corrected chi connectivity index (χ3v) is 2.70. The summed E-state index contributed by atoms with van der Waals surface area (Å²) in [6.45, 7) is 3.30. The monoisotopic (exact) mass is 218 g/mol. The van der Waals surface area contributed by atoms with Gasteiger partial charge in [0.2, 0.25) is 5.13 Å². The van der Waals surface area contributed by atoms with Crippen molar-refractivity contribution in [3.8, 4) is 0 Å². The van der Waals surface area contributed by atoms with E-state index in [1.807, 2.05) is 0 Å². The van der Waals surface area contributed by atoms with Gasteiger partial charge in [-0.3, -0.25) is 10.5 Å². The van der Waals surface area contributed by atoms with Crippen LogP contribution >= 0.6 is 23.6 Å². The standard InChI is InChI=1S/C6H10N4OS2/c12-6-8-7-5(13-6)9-10-1-3-11-4-2-10/h1-4H2,(H,7,9)(H,8,12). The van der Waals surface area contributed by atoms with E-state index in [1.54, 1.807) is 0 Å². The fraction of sp³-hybridized carbons (Fsp3) is 0.667. The third-order valence-electron chi connectivity index (χ3n) is 1.70. The van der Waals surface area contributed by atoms with Crippen LogP contribution in [0.15, 0.2) is 0 Å². The molecule has 7 heteroatoms. The van der Waals surface area contributed by atoms with E-state index in [0.717, 1.165) is 31.4 Å². The summed E-state index contributed by atoms with van der Waals surface area (Å²) < 4.78 is 5.91. The molecule has 0 bridgehead atoms. The van der Waals surface area contributed by atoms with E-state index >= 15 is 0 Å². The summed E-state index contributed by atoms with van der Waals surface area (Å²) in [7, 11) is 0. The molecule has 0 amide bonds. The predicted octanol–water partition coefficient (Wildman–Crippen LogP) is 0.860. The lowest BCUT2D eigenvalue weighted by Gasteiger charge is -2.26. The maximum Gasteiger partial charge on any atom is 0.218 e. The minimum Gasteiger partial charge on any atom is -0.379 e. The van der Waals surface area contributed by atoms with Gasteiger partial charge in [-0.25, -0.2) is 5.01 Å². The highest BCUT2D eigenvalue weighted by Crippen LogP contribution is 2.12. The molecular formula is C6H10N4OS2. The van der Waals surface area contributed by atoms with E-state index in [1.165, 1.54) is 11.3 Å². The Balaban J connectivity index is 1.93. The number of aromatic amines is 1. The highest BCUT2D eigenvalue weighted by atomic mass is 32.1. The van der Waals surface area contributed by atoms with Crippen molar-refractivity contribution in [3.05, 3.63) is 3.95 Å². The van der Waals surface area contributed by atoms with Gasteiger partial charge in [-0.05, 0) is 12.2 Å².